The van der Waals surface area contributed by atoms with Crippen molar-refractivity contribution in [2.24, 2.45) is 0 Å². The Morgan fingerprint density at radius 2 is 1.50 bits per heavy atom. The van der Waals surface area contributed by atoms with Gasteiger partial charge in [0.05, 0.1) is 13.1 Å². The highest BCUT2D eigenvalue weighted by Gasteiger charge is 2.05. The number of rotatable bonds is 6. The minimum Gasteiger partial charge on any atom is -0.480 e. The van der Waals surface area contributed by atoms with E-state index in [-0.39, 0.29) is 19.0 Å². The van der Waals surface area contributed by atoms with Crippen molar-refractivity contribution in [3.05, 3.63) is 0 Å². The second-order valence-corrected chi connectivity index (χ2v) is 2.82. The van der Waals surface area contributed by atoms with E-state index in [9.17, 15) is 14.4 Å². The lowest BCUT2D eigenvalue weighted by Crippen LogP contribution is -2.40. The Labute approximate surface area is 88.6 Å². The molecule has 0 unspecified atom stereocenters. The molecule has 0 aliphatic carbocycles. The van der Waals surface area contributed by atoms with Crippen LogP contribution < -0.4 is 15.0 Å². The van der Waals surface area contributed by atoms with Crippen LogP contribution in [-0.4, -0.2) is 42.5 Å². The van der Waals surface area contributed by atoms with Gasteiger partial charge in [-0.15, -0.1) is 0 Å². The standard InChI is InChI=1S/C6H10BrN3O4/c7-10-2-5(12)8-1-4(11)9-3-6(13)14/h10H,1-3H2,(H,8,12)(H,9,11)(H,13,14). The number of carbonyl (C=O) groups excluding carboxylic acids is 2. The number of nitrogens with one attached hydrogen (secondary N) is 3. The minimum absolute atomic E-state index is 0.0339. The second kappa shape index (κ2) is 7.27. The molecule has 7 nitrogen and oxygen atoms in total. The van der Waals surface area contributed by atoms with Gasteiger partial charge in [0.2, 0.25) is 11.8 Å². The van der Waals surface area contributed by atoms with Gasteiger partial charge in [-0.2, -0.15) is 0 Å². The van der Waals surface area contributed by atoms with Crippen LogP contribution in [0.5, 0.6) is 0 Å². The molecular formula is C6H10BrN3O4. The van der Waals surface area contributed by atoms with Crippen LogP contribution in [0.15, 0.2) is 0 Å². The molecule has 0 aromatic carbocycles. The Kier molecular flexibility index (Phi) is 6.68. The first-order valence-electron chi connectivity index (χ1n) is 3.65. The van der Waals surface area contributed by atoms with E-state index < -0.39 is 18.4 Å². The third-order valence-electron chi connectivity index (χ3n) is 1.11. The van der Waals surface area contributed by atoms with Crippen molar-refractivity contribution in [2.75, 3.05) is 19.6 Å². The first kappa shape index (κ1) is 12.8. The average molecular weight is 268 g/mol. The van der Waals surface area contributed by atoms with Gasteiger partial charge in [0.1, 0.15) is 6.54 Å². The largest absolute Gasteiger partial charge is 0.480 e. The zero-order chi connectivity index (χ0) is 11.0. The van der Waals surface area contributed by atoms with Gasteiger partial charge in [-0.05, 0) is 0 Å². The molecule has 0 aromatic rings. The number of halogens is 1. The van der Waals surface area contributed by atoms with Crippen LogP contribution in [0.3, 0.4) is 0 Å². The van der Waals surface area contributed by atoms with Gasteiger partial charge in [0.25, 0.3) is 0 Å². The molecule has 0 bridgehead atoms. The van der Waals surface area contributed by atoms with E-state index in [1.165, 1.54) is 0 Å². The summed E-state index contributed by atoms with van der Waals surface area (Å²) in [7, 11) is 0. The lowest BCUT2D eigenvalue weighted by molar-refractivity contribution is -0.137. The average Bonchev–Trinajstić information content (AvgIpc) is 2.12. The highest BCUT2D eigenvalue weighted by molar-refractivity contribution is 9.08. The number of carbonyl (C=O) groups is 3. The molecule has 14 heavy (non-hydrogen) atoms. The molecule has 0 fully saturated rings. The summed E-state index contributed by atoms with van der Waals surface area (Å²) in [5.74, 6) is -2.05. The number of hydrogen-bond acceptors (Lipinski definition) is 4. The molecule has 0 saturated heterocycles. The molecule has 0 atom stereocenters. The van der Waals surface area contributed by atoms with Gasteiger partial charge in [-0.1, -0.05) is 0 Å². The predicted octanol–water partition coefficient (Wildman–Crippen LogP) is -1.80. The minimum atomic E-state index is -1.13. The van der Waals surface area contributed by atoms with Gasteiger partial charge in [0, 0.05) is 16.1 Å². The van der Waals surface area contributed by atoms with E-state index in [0.29, 0.717) is 0 Å². The van der Waals surface area contributed by atoms with E-state index in [4.69, 9.17) is 5.11 Å². The topological polar surface area (TPSA) is 108 Å². The van der Waals surface area contributed by atoms with Crippen molar-refractivity contribution in [1.82, 2.24) is 15.0 Å². The summed E-state index contributed by atoms with van der Waals surface area (Å²) in [6.07, 6.45) is 0. The Bertz CT molecular complexity index is 233. The molecule has 0 saturated carbocycles. The predicted molar refractivity (Wildman–Crippen MR) is 50.6 cm³/mol. The third kappa shape index (κ3) is 7.50. The number of carboxylic acids is 1. The smallest absolute Gasteiger partial charge is 0.322 e. The molecule has 0 rings (SSSR count). The highest BCUT2D eigenvalue weighted by Crippen LogP contribution is 1.70. The van der Waals surface area contributed by atoms with Gasteiger partial charge >= 0.3 is 5.97 Å². The maximum Gasteiger partial charge on any atom is 0.322 e. The van der Waals surface area contributed by atoms with Crippen molar-refractivity contribution >= 4 is 33.9 Å². The van der Waals surface area contributed by atoms with E-state index in [0.717, 1.165) is 0 Å². The van der Waals surface area contributed by atoms with E-state index in [1.54, 1.807) is 0 Å². The Morgan fingerprint density at radius 1 is 1.00 bits per heavy atom. The quantitative estimate of drug-likeness (QED) is 0.425. The van der Waals surface area contributed by atoms with Crippen LogP contribution in [-0.2, 0) is 14.4 Å². The van der Waals surface area contributed by atoms with Crippen molar-refractivity contribution in [1.29, 1.82) is 0 Å². The molecule has 80 valence electrons. The fourth-order valence-corrected chi connectivity index (χ4v) is 0.793. The zero-order valence-electron chi connectivity index (χ0n) is 7.17. The summed E-state index contributed by atoms with van der Waals surface area (Å²) >= 11 is 2.82. The fourth-order valence-electron chi connectivity index (χ4n) is 0.539. The lowest BCUT2D eigenvalue weighted by atomic mass is 10.5. The molecule has 0 radical (unpaired) electrons. The Morgan fingerprint density at radius 3 is 2.00 bits per heavy atom. The molecule has 0 heterocycles. The summed E-state index contributed by atoms with van der Waals surface area (Å²) < 4.78 is 2.42. The summed E-state index contributed by atoms with van der Waals surface area (Å²) in [5, 5.41) is 12.6. The molecule has 0 spiro atoms. The summed E-state index contributed by atoms with van der Waals surface area (Å²) in [6, 6.07) is 0. The SMILES string of the molecule is O=C(O)CNC(=O)CNC(=O)CNBr. The van der Waals surface area contributed by atoms with Crippen molar-refractivity contribution in [3.8, 4) is 0 Å². The number of aliphatic carboxylic acids is 1. The number of carboxylic acid groups (broad SMARTS) is 1. The van der Waals surface area contributed by atoms with E-state index in [2.05, 4.69) is 31.1 Å². The molecule has 0 aromatic heterocycles. The van der Waals surface area contributed by atoms with Crippen LogP contribution in [0.1, 0.15) is 0 Å². The first-order chi connectivity index (χ1) is 6.56. The normalized spacial score (nSPS) is 9.21. The van der Waals surface area contributed by atoms with Crippen LogP contribution in [0.4, 0.5) is 0 Å². The third-order valence-corrected chi connectivity index (χ3v) is 1.39. The summed E-state index contributed by atoms with van der Waals surface area (Å²) in [6.45, 7) is -0.654. The second-order valence-electron chi connectivity index (χ2n) is 2.26. The van der Waals surface area contributed by atoms with Gasteiger partial charge in [-0.3, -0.25) is 14.4 Å². The molecule has 0 aliphatic rings. The van der Waals surface area contributed by atoms with Gasteiger partial charge < -0.3 is 15.7 Å². The van der Waals surface area contributed by atoms with Crippen molar-refractivity contribution in [3.63, 3.8) is 0 Å². The lowest BCUT2D eigenvalue weighted by Gasteiger charge is -2.03. The fraction of sp³-hybridized carbons (Fsp3) is 0.500. The van der Waals surface area contributed by atoms with Gasteiger partial charge in [0.15, 0.2) is 0 Å². The molecular weight excluding hydrogens is 258 g/mol. The summed E-state index contributed by atoms with van der Waals surface area (Å²) in [5.41, 5.74) is 0. The van der Waals surface area contributed by atoms with Crippen molar-refractivity contribution in [2.45, 2.75) is 0 Å². The monoisotopic (exact) mass is 267 g/mol. The molecule has 4 N–H and O–H groups in total. The summed E-state index contributed by atoms with van der Waals surface area (Å²) in [4.78, 5) is 31.6. The number of hydrogen-bond donors (Lipinski definition) is 4. The van der Waals surface area contributed by atoms with Gasteiger partial charge in [-0.25, -0.2) is 4.34 Å². The van der Waals surface area contributed by atoms with Crippen LogP contribution in [0, 0.1) is 0 Å². The first-order valence-corrected chi connectivity index (χ1v) is 4.44. The zero-order valence-corrected chi connectivity index (χ0v) is 8.76. The van der Waals surface area contributed by atoms with E-state index >= 15 is 0 Å². The Hall–Kier alpha value is -1.15. The maximum absolute atomic E-state index is 10.8. The van der Waals surface area contributed by atoms with Crippen LogP contribution in [0.25, 0.3) is 0 Å². The maximum atomic E-state index is 10.8. The molecule has 2 amide bonds. The number of amides is 2. The molecule has 8 heteroatoms. The molecule has 0 aliphatic heterocycles. The van der Waals surface area contributed by atoms with Crippen LogP contribution in [0.2, 0.25) is 0 Å². The van der Waals surface area contributed by atoms with Crippen LogP contribution >= 0.6 is 16.1 Å². The van der Waals surface area contributed by atoms with E-state index in [1.807, 2.05) is 0 Å². The van der Waals surface area contributed by atoms with Crippen molar-refractivity contribution < 1.29 is 19.5 Å². The highest BCUT2D eigenvalue weighted by atomic mass is 79.9. The Balaban J connectivity index is 3.53.